The van der Waals surface area contributed by atoms with Crippen LogP contribution in [-0.4, -0.2) is 84.4 Å². The van der Waals surface area contributed by atoms with E-state index in [4.69, 9.17) is 14.7 Å². The van der Waals surface area contributed by atoms with Crippen LogP contribution in [0.3, 0.4) is 0 Å². The summed E-state index contributed by atoms with van der Waals surface area (Å²) in [5, 5.41) is 19.8. The number of rotatable bonds is 8. The predicted molar refractivity (Wildman–Crippen MR) is 119 cm³/mol. The van der Waals surface area contributed by atoms with Gasteiger partial charge in [0.2, 0.25) is 0 Å². The van der Waals surface area contributed by atoms with Crippen molar-refractivity contribution in [1.29, 1.82) is 0 Å². The summed E-state index contributed by atoms with van der Waals surface area (Å²) in [6, 6.07) is 8.35. The Hall–Kier alpha value is -2.45. The molecule has 1 atom stereocenters. The van der Waals surface area contributed by atoms with Crippen LogP contribution < -0.4 is 0 Å². The van der Waals surface area contributed by atoms with Gasteiger partial charge in [0.05, 0.1) is 18.0 Å². The number of oxime groups is 1. The van der Waals surface area contributed by atoms with Gasteiger partial charge in [-0.25, -0.2) is 4.79 Å². The van der Waals surface area contributed by atoms with Crippen molar-refractivity contribution in [2.24, 2.45) is 10.3 Å². The molecule has 0 aliphatic carbocycles. The number of benzene rings is 1. The molecule has 0 spiro atoms. The molecule has 1 aromatic rings. The fourth-order valence-corrected chi connectivity index (χ4v) is 4.33. The summed E-state index contributed by atoms with van der Waals surface area (Å²) in [7, 11) is 0. The van der Waals surface area contributed by atoms with E-state index in [0.29, 0.717) is 0 Å². The first-order chi connectivity index (χ1) is 15.2. The molecule has 0 aromatic heterocycles. The van der Waals surface area contributed by atoms with Gasteiger partial charge in [-0.05, 0) is 43.2 Å². The van der Waals surface area contributed by atoms with Crippen molar-refractivity contribution >= 4 is 17.9 Å². The Morgan fingerprint density at radius 2 is 1.90 bits per heavy atom. The third-order valence-corrected chi connectivity index (χ3v) is 6.12. The maximum Gasteiger partial charge on any atom is 0.329 e. The number of piperidine rings is 2. The molecule has 0 amide bonds. The summed E-state index contributed by atoms with van der Waals surface area (Å²) < 4.78 is 5.41. The molecule has 2 saturated heterocycles. The van der Waals surface area contributed by atoms with Gasteiger partial charge in [-0.1, -0.05) is 29.4 Å². The van der Waals surface area contributed by atoms with Crippen LogP contribution in [0.25, 0.3) is 0 Å². The predicted octanol–water partition coefficient (Wildman–Crippen LogP) is 2.57. The standard InChI is InChI=1S/C23H32N4O4/c28-23(29)17-30-20-8-12-26(13-9-20)16-21-14-22(25-31-21)19-6-4-18(5-7-19)15-24-27-10-2-1-3-11-27/h4-7,15,20-21H,1-3,8-14,16-17H2,(H,28,29)/b24-15+. The first-order valence-electron chi connectivity index (χ1n) is 11.3. The van der Waals surface area contributed by atoms with Crippen molar-refractivity contribution < 1.29 is 19.5 Å². The normalized spacial score (nSPS) is 23.2. The van der Waals surface area contributed by atoms with Gasteiger partial charge < -0.3 is 14.7 Å². The summed E-state index contributed by atoms with van der Waals surface area (Å²) in [6.07, 6.45) is 8.33. The Kier molecular flexibility index (Phi) is 7.53. The highest BCUT2D eigenvalue weighted by atomic mass is 16.6. The Balaban J connectivity index is 1.20. The van der Waals surface area contributed by atoms with E-state index in [9.17, 15) is 4.79 Å². The molecule has 168 valence electrons. The Bertz CT molecular complexity index is 781. The minimum atomic E-state index is -0.909. The SMILES string of the molecule is O=C(O)COC1CCN(CC2CC(c3ccc(/C=N/N4CCCCC4)cc3)=NO2)CC1. The topological polar surface area (TPSA) is 87.0 Å². The number of carbonyl (C=O) groups is 1. The highest BCUT2D eigenvalue weighted by Gasteiger charge is 2.27. The van der Waals surface area contributed by atoms with Crippen LogP contribution in [0.2, 0.25) is 0 Å². The Labute approximate surface area is 183 Å². The molecule has 3 aliphatic heterocycles. The largest absolute Gasteiger partial charge is 0.480 e. The van der Waals surface area contributed by atoms with Crippen LogP contribution in [0.15, 0.2) is 34.5 Å². The van der Waals surface area contributed by atoms with Crippen LogP contribution in [0.4, 0.5) is 0 Å². The number of carboxylic acid groups (broad SMARTS) is 1. The Morgan fingerprint density at radius 1 is 1.16 bits per heavy atom. The smallest absolute Gasteiger partial charge is 0.329 e. The van der Waals surface area contributed by atoms with E-state index < -0.39 is 5.97 Å². The maximum absolute atomic E-state index is 10.6. The molecule has 3 aliphatic rings. The molecule has 1 aromatic carbocycles. The number of hydrazone groups is 1. The van der Waals surface area contributed by atoms with Gasteiger partial charge >= 0.3 is 5.97 Å². The second-order valence-corrected chi connectivity index (χ2v) is 8.56. The number of likely N-dealkylation sites (tertiary alicyclic amines) is 1. The van der Waals surface area contributed by atoms with Crippen molar-refractivity contribution in [3.63, 3.8) is 0 Å². The summed E-state index contributed by atoms with van der Waals surface area (Å²) in [6.45, 7) is 4.51. The van der Waals surface area contributed by atoms with E-state index in [1.54, 1.807) is 0 Å². The van der Waals surface area contributed by atoms with Gasteiger partial charge in [0.15, 0.2) is 0 Å². The third kappa shape index (κ3) is 6.51. The first kappa shape index (κ1) is 21.8. The molecule has 3 heterocycles. The van der Waals surface area contributed by atoms with E-state index in [1.165, 1.54) is 19.3 Å². The van der Waals surface area contributed by atoms with E-state index in [2.05, 4.69) is 44.4 Å². The second-order valence-electron chi connectivity index (χ2n) is 8.56. The van der Waals surface area contributed by atoms with E-state index in [0.717, 1.165) is 68.8 Å². The minimum absolute atomic E-state index is 0.0422. The highest BCUT2D eigenvalue weighted by Crippen LogP contribution is 2.21. The van der Waals surface area contributed by atoms with Crippen molar-refractivity contribution in [1.82, 2.24) is 9.91 Å². The van der Waals surface area contributed by atoms with Crippen molar-refractivity contribution in [3.05, 3.63) is 35.4 Å². The zero-order valence-corrected chi connectivity index (χ0v) is 18.0. The van der Waals surface area contributed by atoms with Gasteiger partial charge in [0, 0.05) is 39.1 Å². The number of hydrogen-bond donors (Lipinski definition) is 1. The van der Waals surface area contributed by atoms with Crippen LogP contribution >= 0.6 is 0 Å². The van der Waals surface area contributed by atoms with Gasteiger partial charge in [0.25, 0.3) is 0 Å². The molecule has 8 heteroatoms. The van der Waals surface area contributed by atoms with E-state index >= 15 is 0 Å². The fraction of sp³-hybridized carbons (Fsp3) is 0.609. The zero-order valence-electron chi connectivity index (χ0n) is 18.0. The van der Waals surface area contributed by atoms with Crippen molar-refractivity contribution in [2.45, 2.75) is 50.7 Å². The quantitative estimate of drug-likeness (QED) is 0.641. The second kappa shape index (κ2) is 10.7. The molecule has 0 radical (unpaired) electrons. The molecule has 2 fully saturated rings. The van der Waals surface area contributed by atoms with Gasteiger partial charge in [0.1, 0.15) is 12.7 Å². The molecule has 1 unspecified atom stereocenters. The zero-order chi connectivity index (χ0) is 21.5. The minimum Gasteiger partial charge on any atom is -0.480 e. The molecular weight excluding hydrogens is 396 g/mol. The maximum atomic E-state index is 10.6. The number of nitrogens with zero attached hydrogens (tertiary/aromatic N) is 4. The van der Waals surface area contributed by atoms with Crippen LogP contribution in [-0.2, 0) is 14.4 Å². The van der Waals surface area contributed by atoms with Crippen LogP contribution in [0.1, 0.15) is 49.7 Å². The lowest BCUT2D eigenvalue weighted by molar-refractivity contribution is -0.145. The third-order valence-electron chi connectivity index (χ3n) is 6.12. The molecule has 4 rings (SSSR count). The molecule has 8 nitrogen and oxygen atoms in total. The fourth-order valence-electron chi connectivity index (χ4n) is 4.33. The lowest BCUT2D eigenvalue weighted by Gasteiger charge is -2.32. The number of hydrogen-bond acceptors (Lipinski definition) is 7. The molecule has 0 bridgehead atoms. The highest BCUT2D eigenvalue weighted by molar-refractivity contribution is 6.01. The summed E-state index contributed by atoms with van der Waals surface area (Å²) in [5.41, 5.74) is 3.18. The molecule has 31 heavy (non-hydrogen) atoms. The summed E-state index contributed by atoms with van der Waals surface area (Å²) in [4.78, 5) is 18.7. The molecule has 1 N–H and O–H groups in total. The number of aliphatic carboxylic acids is 1. The van der Waals surface area contributed by atoms with Crippen molar-refractivity contribution in [2.75, 3.05) is 39.3 Å². The van der Waals surface area contributed by atoms with E-state index in [-0.39, 0.29) is 18.8 Å². The lowest BCUT2D eigenvalue weighted by Crippen LogP contribution is -2.41. The Morgan fingerprint density at radius 3 is 2.61 bits per heavy atom. The number of carboxylic acids is 1. The number of ether oxygens (including phenoxy) is 1. The lowest BCUT2D eigenvalue weighted by atomic mass is 10.0. The summed E-state index contributed by atoms with van der Waals surface area (Å²) in [5.74, 6) is -0.909. The first-order valence-corrected chi connectivity index (χ1v) is 11.3. The summed E-state index contributed by atoms with van der Waals surface area (Å²) >= 11 is 0. The van der Waals surface area contributed by atoms with Gasteiger partial charge in [-0.2, -0.15) is 5.10 Å². The van der Waals surface area contributed by atoms with Crippen LogP contribution in [0.5, 0.6) is 0 Å². The average Bonchev–Trinajstić information content (AvgIpc) is 3.27. The van der Waals surface area contributed by atoms with Gasteiger partial charge in [-0.3, -0.25) is 9.91 Å². The monoisotopic (exact) mass is 428 g/mol. The average molecular weight is 429 g/mol. The van der Waals surface area contributed by atoms with E-state index in [1.807, 2.05) is 6.21 Å². The molecular formula is C23H32N4O4. The van der Waals surface area contributed by atoms with Crippen molar-refractivity contribution in [3.8, 4) is 0 Å². The van der Waals surface area contributed by atoms with Gasteiger partial charge in [-0.15, -0.1) is 0 Å². The molecule has 0 saturated carbocycles. The van der Waals surface area contributed by atoms with Crippen LogP contribution in [0, 0.1) is 0 Å².